The third kappa shape index (κ3) is 2.24. The van der Waals surface area contributed by atoms with Crippen molar-refractivity contribution in [3.8, 4) is 0 Å². The van der Waals surface area contributed by atoms with Crippen molar-refractivity contribution in [1.82, 2.24) is 4.90 Å². The highest BCUT2D eigenvalue weighted by molar-refractivity contribution is 6.17. The lowest BCUT2D eigenvalue weighted by Crippen LogP contribution is -2.55. The summed E-state index contributed by atoms with van der Waals surface area (Å²) in [6.45, 7) is 6.03. The topological polar surface area (TPSA) is 6.48 Å². The molecule has 2 unspecified atom stereocenters. The van der Waals surface area contributed by atoms with Gasteiger partial charge >= 0.3 is 0 Å². The van der Waals surface area contributed by atoms with Crippen molar-refractivity contribution in [2.75, 3.05) is 24.5 Å². The van der Waals surface area contributed by atoms with Gasteiger partial charge in [-0.25, -0.2) is 0 Å². The number of anilines is 1. The van der Waals surface area contributed by atoms with Gasteiger partial charge < -0.3 is 4.90 Å². The fourth-order valence-corrected chi connectivity index (χ4v) is 3.50. The van der Waals surface area contributed by atoms with E-state index in [1.165, 1.54) is 43.7 Å². The molecule has 0 N–H and O–H groups in total. The zero-order chi connectivity index (χ0) is 12.5. The second-order valence-corrected chi connectivity index (χ2v) is 5.86. The Bertz CT molecular complexity index is 403. The Labute approximate surface area is 115 Å². The molecule has 0 saturated carbocycles. The van der Waals surface area contributed by atoms with Crippen molar-refractivity contribution < 1.29 is 0 Å². The molecule has 0 radical (unpaired) electrons. The van der Waals surface area contributed by atoms with Crippen LogP contribution in [0.4, 0.5) is 5.69 Å². The van der Waals surface area contributed by atoms with Crippen molar-refractivity contribution in [2.45, 2.75) is 37.7 Å². The second kappa shape index (κ2) is 5.10. The summed E-state index contributed by atoms with van der Waals surface area (Å²) in [4.78, 5) is 5.22. The maximum atomic E-state index is 5.85. The van der Waals surface area contributed by atoms with Gasteiger partial charge in [0.2, 0.25) is 0 Å². The number of benzene rings is 1. The monoisotopic (exact) mass is 264 g/mol. The quantitative estimate of drug-likeness (QED) is 0.758. The minimum absolute atomic E-state index is 0.603. The highest BCUT2D eigenvalue weighted by Gasteiger charge is 2.34. The van der Waals surface area contributed by atoms with Gasteiger partial charge in [-0.3, -0.25) is 4.90 Å². The third-order valence-electron chi connectivity index (χ3n) is 4.36. The Hall–Kier alpha value is -0.730. The van der Waals surface area contributed by atoms with Crippen LogP contribution in [0.3, 0.4) is 0 Å². The smallest absolute Gasteiger partial charge is 0.0474 e. The molecule has 98 valence electrons. The lowest BCUT2D eigenvalue weighted by molar-refractivity contribution is 0.203. The predicted molar refractivity (Wildman–Crippen MR) is 77.4 cm³/mol. The van der Waals surface area contributed by atoms with Crippen LogP contribution in [0.25, 0.3) is 0 Å². The minimum atomic E-state index is 0.603. The summed E-state index contributed by atoms with van der Waals surface area (Å²) < 4.78 is 0. The van der Waals surface area contributed by atoms with Gasteiger partial charge in [0.25, 0.3) is 0 Å². The van der Waals surface area contributed by atoms with E-state index < -0.39 is 0 Å². The van der Waals surface area contributed by atoms with Crippen molar-refractivity contribution in [3.63, 3.8) is 0 Å². The molecule has 2 aliphatic heterocycles. The van der Waals surface area contributed by atoms with Crippen molar-refractivity contribution in [3.05, 3.63) is 29.8 Å². The number of fused-ring (bicyclic) bond motifs is 1. The van der Waals surface area contributed by atoms with Gasteiger partial charge in [0.15, 0.2) is 0 Å². The average Bonchev–Trinajstić information content (AvgIpc) is 2.85. The Morgan fingerprint density at radius 2 is 2.00 bits per heavy atom. The number of halogens is 1. The molecule has 2 fully saturated rings. The molecule has 0 bridgehead atoms. The molecule has 2 nitrogen and oxygen atoms in total. The standard InChI is InChI=1S/C15H21ClN2/c1-12-10-17-8-2-3-15(17)11-18(12)14-6-4-13(9-16)5-7-14/h4-7,12,15H,2-3,8-11H2,1H3. The molecule has 2 heterocycles. The van der Waals surface area contributed by atoms with Crippen LogP contribution in [0.5, 0.6) is 0 Å². The molecule has 0 amide bonds. The molecular weight excluding hydrogens is 244 g/mol. The predicted octanol–water partition coefficient (Wildman–Crippen LogP) is 3.10. The zero-order valence-electron chi connectivity index (χ0n) is 11.0. The molecule has 18 heavy (non-hydrogen) atoms. The molecule has 2 aliphatic rings. The molecule has 1 aromatic carbocycles. The van der Waals surface area contributed by atoms with Crippen LogP contribution in [0.15, 0.2) is 24.3 Å². The van der Waals surface area contributed by atoms with E-state index >= 15 is 0 Å². The summed E-state index contributed by atoms with van der Waals surface area (Å²) in [5, 5.41) is 0. The Morgan fingerprint density at radius 1 is 1.22 bits per heavy atom. The van der Waals surface area contributed by atoms with Crippen LogP contribution in [0, 0.1) is 0 Å². The molecule has 3 rings (SSSR count). The van der Waals surface area contributed by atoms with Gasteiger partial charge in [0, 0.05) is 36.7 Å². The fraction of sp³-hybridized carbons (Fsp3) is 0.600. The molecule has 2 saturated heterocycles. The summed E-state index contributed by atoms with van der Waals surface area (Å²) in [6.07, 6.45) is 2.74. The third-order valence-corrected chi connectivity index (χ3v) is 4.67. The first-order valence-electron chi connectivity index (χ1n) is 6.93. The maximum Gasteiger partial charge on any atom is 0.0474 e. The summed E-state index contributed by atoms with van der Waals surface area (Å²) >= 11 is 5.85. The number of piperazine rings is 1. The number of nitrogens with zero attached hydrogens (tertiary/aromatic N) is 2. The average molecular weight is 265 g/mol. The van der Waals surface area contributed by atoms with Gasteiger partial charge in [-0.05, 0) is 44.0 Å². The minimum Gasteiger partial charge on any atom is -0.366 e. The number of hydrogen-bond acceptors (Lipinski definition) is 2. The van der Waals surface area contributed by atoms with Crippen LogP contribution in [0.1, 0.15) is 25.3 Å². The largest absolute Gasteiger partial charge is 0.366 e. The van der Waals surface area contributed by atoms with Crippen LogP contribution in [-0.2, 0) is 5.88 Å². The van der Waals surface area contributed by atoms with E-state index in [4.69, 9.17) is 11.6 Å². The number of rotatable bonds is 2. The van der Waals surface area contributed by atoms with Crippen molar-refractivity contribution >= 4 is 17.3 Å². The summed E-state index contributed by atoms with van der Waals surface area (Å²) in [5.74, 6) is 0.603. The van der Waals surface area contributed by atoms with E-state index in [0.29, 0.717) is 11.9 Å². The Morgan fingerprint density at radius 3 is 2.72 bits per heavy atom. The van der Waals surface area contributed by atoms with E-state index in [1.54, 1.807) is 0 Å². The van der Waals surface area contributed by atoms with Crippen LogP contribution < -0.4 is 4.90 Å². The van der Waals surface area contributed by atoms with Crippen molar-refractivity contribution in [1.29, 1.82) is 0 Å². The fourth-order valence-electron chi connectivity index (χ4n) is 3.32. The van der Waals surface area contributed by atoms with Crippen LogP contribution >= 0.6 is 11.6 Å². The zero-order valence-corrected chi connectivity index (χ0v) is 11.7. The molecule has 3 heteroatoms. The lowest BCUT2D eigenvalue weighted by atomic mass is 10.1. The van der Waals surface area contributed by atoms with E-state index in [2.05, 4.69) is 41.0 Å². The lowest BCUT2D eigenvalue weighted by Gasteiger charge is -2.43. The van der Waals surface area contributed by atoms with E-state index in [0.717, 1.165) is 6.04 Å². The van der Waals surface area contributed by atoms with Gasteiger partial charge in [-0.2, -0.15) is 0 Å². The SMILES string of the molecule is CC1CN2CCCC2CN1c1ccc(CCl)cc1. The Balaban J connectivity index is 1.77. The summed E-state index contributed by atoms with van der Waals surface area (Å²) in [5.41, 5.74) is 2.55. The van der Waals surface area contributed by atoms with Crippen molar-refractivity contribution in [2.24, 2.45) is 0 Å². The first-order chi connectivity index (χ1) is 8.78. The van der Waals surface area contributed by atoms with Gasteiger partial charge in [0.05, 0.1) is 0 Å². The van der Waals surface area contributed by atoms with E-state index in [-0.39, 0.29) is 0 Å². The molecule has 0 aliphatic carbocycles. The molecule has 0 spiro atoms. The number of hydrogen-bond donors (Lipinski definition) is 0. The Kier molecular flexibility index (Phi) is 3.49. The van der Waals surface area contributed by atoms with Gasteiger partial charge in [-0.1, -0.05) is 12.1 Å². The van der Waals surface area contributed by atoms with Gasteiger partial charge in [-0.15, -0.1) is 11.6 Å². The number of alkyl halides is 1. The molecule has 2 atom stereocenters. The highest BCUT2D eigenvalue weighted by atomic mass is 35.5. The second-order valence-electron chi connectivity index (χ2n) is 5.59. The normalized spacial score (nSPS) is 28.4. The first kappa shape index (κ1) is 12.3. The van der Waals surface area contributed by atoms with E-state index in [9.17, 15) is 0 Å². The van der Waals surface area contributed by atoms with Crippen LogP contribution in [-0.4, -0.2) is 36.6 Å². The first-order valence-corrected chi connectivity index (χ1v) is 7.47. The summed E-state index contributed by atoms with van der Waals surface area (Å²) in [6, 6.07) is 10.1. The summed E-state index contributed by atoms with van der Waals surface area (Å²) in [7, 11) is 0. The molecular formula is C15H21ClN2. The van der Waals surface area contributed by atoms with E-state index in [1.807, 2.05) is 0 Å². The maximum absolute atomic E-state index is 5.85. The van der Waals surface area contributed by atoms with Gasteiger partial charge in [0.1, 0.15) is 0 Å². The molecule has 1 aromatic rings. The molecule has 0 aromatic heterocycles. The highest BCUT2D eigenvalue weighted by Crippen LogP contribution is 2.28. The van der Waals surface area contributed by atoms with Crippen LogP contribution in [0.2, 0.25) is 0 Å².